The first kappa shape index (κ1) is 19.7. The Labute approximate surface area is 146 Å². The van der Waals surface area contributed by atoms with Gasteiger partial charge in [0.05, 0.1) is 6.54 Å². The van der Waals surface area contributed by atoms with Crippen LogP contribution in [0.1, 0.15) is 35.7 Å². The molecule has 1 aromatic rings. The SMILES string of the molecule is C=CCCCN(C)C(=NCc1ccc(C(=O)N(C)C)cc1)NCC. The highest BCUT2D eigenvalue weighted by atomic mass is 16.2. The molecule has 0 saturated heterocycles. The molecule has 1 amide bonds. The van der Waals surface area contributed by atoms with Gasteiger partial charge in [-0.2, -0.15) is 0 Å². The van der Waals surface area contributed by atoms with Gasteiger partial charge >= 0.3 is 0 Å². The average molecular weight is 330 g/mol. The van der Waals surface area contributed by atoms with Gasteiger partial charge in [-0.05, 0) is 37.5 Å². The number of nitrogens with one attached hydrogen (secondary N) is 1. The van der Waals surface area contributed by atoms with E-state index in [0.717, 1.165) is 37.5 Å². The van der Waals surface area contributed by atoms with Gasteiger partial charge in [-0.25, -0.2) is 4.99 Å². The van der Waals surface area contributed by atoms with Gasteiger partial charge in [-0.15, -0.1) is 6.58 Å². The molecule has 5 heteroatoms. The summed E-state index contributed by atoms with van der Waals surface area (Å²) in [4.78, 5) is 20.3. The number of allylic oxidation sites excluding steroid dienone is 1. The Hall–Kier alpha value is -2.30. The van der Waals surface area contributed by atoms with Crippen LogP contribution in [-0.4, -0.2) is 55.9 Å². The molecule has 0 atom stereocenters. The number of carbonyl (C=O) groups is 1. The number of unbranched alkanes of at least 4 members (excludes halogenated alkanes) is 1. The number of aliphatic imine (C=N–C) groups is 1. The molecule has 0 aliphatic heterocycles. The van der Waals surface area contributed by atoms with Crippen LogP contribution in [0.15, 0.2) is 41.9 Å². The van der Waals surface area contributed by atoms with Crippen LogP contribution in [0.2, 0.25) is 0 Å². The predicted molar refractivity (Wildman–Crippen MR) is 101 cm³/mol. The minimum absolute atomic E-state index is 0.0142. The minimum atomic E-state index is 0.0142. The molecule has 1 N–H and O–H groups in total. The van der Waals surface area contributed by atoms with Crippen molar-refractivity contribution >= 4 is 11.9 Å². The first-order chi connectivity index (χ1) is 11.5. The van der Waals surface area contributed by atoms with Gasteiger partial charge < -0.3 is 15.1 Å². The van der Waals surface area contributed by atoms with E-state index in [1.165, 1.54) is 0 Å². The first-order valence-electron chi connectivity index (χ1n) is 8.40. The van der Waals surface area contributed by atoms with Gasteiger partial charge in [0, 0.05) is 39.8 Å². The first-order valence-corrected chi connectivity index (χ1v) is 8.40. The Morgan fingerprint density at radius 2 is 1.92 bits per heavy atom. The number of nitrogens with zero attached hydrogens (tertiary/aromatic N) is 3. The highest BCUT2D eigenvalue weighted by Crippen LogP contribution is 2.08. The van der Waals surface area contributed by atoms with Crippen molar-refractivity contribution < 1.29 is 4.79 Å². The molecule has 5 nitrogen and oxygen atoms in total. The van der Waals surface area contributed by atoms with E-state index in [4.69, 9.17) is 0 Å². The molecule has 1 rings (SSSR count). The summed E-state index contributed by atoms with van der Waals surface area (Å²) in [6, 6.07) is 7.63. The Morgan fingerprint density at radius 3 is 2.46 bits per heavy atom. The monoisotopic (exact) mass is 330 g/mol. The van der Waals surface area contributed by atoms with E-state index in [1.807, 2.05) is 37.4 Å². The maximum Gasteiger partial charge on any atom is 0.253 e. The lowest BCUT2D eigenvalue weighted by Gasteiger charge is -2.21. The van der Waals surface area contributed by atoms with Crippen molar-refractivity contribution in [1.82, 2.24) is 15.1 Å². The third-order valence-electron chi connectivity index (χ3n) is 3.62. The zero-order valence-electron chi connectivity index (χ0n) is 15.4. The number of hydrogen-bond donors (Lipinski definition) is 1. The smallest absolute Gasteiger partial charge is 0.253 e. The molecule has 0 radical (unpaired) electrons. The Morgan fingerprint density at radius 1 is 1.25 bits per heavy atom. The predicted octanol–water partition coefficient (Wildman–Crippen LogP) is 2.75. The van der Waals surface area contributed by atoms with Crippen molar-refractivity contribution in [3.8, 4) is 0 Å². The van der Waals surface area contributed by atoms with E-state index in [1.54, 1.807) is 19.0 Å². The van der Waals surface area contributed by atoms with Crippen LogP contribution in [0, 0.1) is 0 Å². The maximum atomic E-state index is 11.9. The number of benzene rings is 1. The van der Waals surface area contributed by atoms with E-state index in [2.05, 4.69) is 28.7 Å². The van der Waals surface area contributed by atoms with Crippen molar-refractivity contribution in [3.05, 3.63) is 48.0 Å². The van der Waals surface area contributed by atoms with Crippen molar-refractivity contribution in [3.63, 3.8) is 0 Å². The molecule has 24 heavy (non-hydrogen) atoms. The van der Waals surface area contributed by atoms with E-state index >= 15 is 0 Å². The van der Waals surface area contributed by atoms with Crippen molar-refractivity contribution in [2.45, 2.75) is 26.3 Å². The lowest BCUT2D eigenvalue weighted by molar-refractivity contribution is 0.0827. The van der Waals surface area contributed by atoms with Crippen LogP contribution in [0.3, 0.4) is 0 Å². The summed E-state index contributed by atoms with van der Waals surface area (Å²) in [5.74, 6) is 0.912. The summed E-state index contributed by atoms with van der Waals surface area (Å²) in [5.41, 5.74) is 1.78. The minimum Gasteiger partial charge on any atom is -0.357 e. The van der Waals surface area contributed by atoms with Crippen LogP contribution in [0.5, 0.6) is 0 Å². The van der Waals surface area contributed by atoms with Crippen molar-refractivity contribution in [1.29, 1.82) is 0 Å². The van der Waals surface area contributed by atoms with Crippen LogP contribution in [0.25, 0.3) is 0 Å². The molecule has 0 aliphatic carbocycles. The summed E-state index contributed by atoms with van der Waals surface area (Å²) in [6.45, 7) is 8.18. The molecule has 1 aromatic carbocycles. The van der Waals surface area contributed by atoms with E-state index in [-0.39, 0.29) is 5.91 Å². The summed E-state index contributed by atoms with van der Waals surface area (Å²) < 4.78 is 0. The fourth-order valence-corrected chi connectivity index (χ4v) is 2.23. The highest BCUT2D eigenvalue weighted by Gasteiger charge is 2.08. The second-order valence-corrected chi connectivity index (χ2v) is 5.92. The maximum absolute atomic E-state index is 11.9. The Balaban J connectivity index is 2.71. The number of hydrogen-bond acceptors (Lipinski definition) is 2. The Bertz CT molecular complexity index is 549. The lowest BCUT2D eigenvalue weighted by atomic mass is 10.1. The number of rotatable bonds is 8. The van der Waals surface area contributed by atoms with Gasteiger partial charge in [0.25, 0.3) is 5.91 Å². The van der Waals surface area contributed by atoms with Crippen LogP contribution in [-0.2, 0) is 6.54 Å². The third kappa shape index (κ3) is 6.44. The van der Waals surface area contributed by atoms with Gasteiger partial charge in [0.2, 0.25) is 0 Å². The van der Waals surface area contributed by atoms with Crippen LogP contribution in [0.4, 0.5) is 0 Å². The molecule has 0 aromatic heterocycles. The highest BCUT2D eigenvalue weighted by molar-refractivity contribution is 5.93. The van der Waals surface area contributed by atoms with Gasteiger partial charge in [0.15, 0.2) is 5.96 Å². The molecule has 0 saturated carbocycles. The zero-order valence-corrected chi connectivity index (χ0v) is 15.4. The summed E-state index contributed by atoms with van der Waals surface area (Å²) in [6.07, 6.45) is 4.01. The lowest BCUT2D eigenvalue weighted by Crippen LogP contribution is -2.39. The fourth-order valence-electron chi connectivity index (χ4n) is 2.23. The molecule has 0 bridgehead atoms. The molecule has 132 valence electrons. The van der Waals surface area contributed by atoms with Gasteiger partial charge in [-0.3, -0.25) is 4.79 Å². The normalized spacial score (nSPS) is 11.1. The molecule has 0 spiro atoms. The summed E-state index contributed by atoms with van der Waals surface area (Å²) in [7, 11) is 5.56. The molecule has 0 aliphatic rings. The van der Waals surface area contributed by atoms with Gasteiger partial charge in [0.1, 0.15) is 0 Å². The van der Waals surface area contributed by atoms with Gasteiger partial charge in [-0.1, -0.05) is 18.2 Å². The number of guanidine groups is 1. The molecular weight excluding hydrogens is 300 g/mol. The van der Waals surface area contributed by atoms with Crippen LogP contribution >= 0.6 is 0 Å². The standard InChI is InChI=1S/C19H30N4O/c1-6-8-9-14-23(5)19(20-7-2)21-15-16-10-12-17(13-11-16)18(24)22(3)4/h6,10-13H,1,7-9,14-15H2,2-5H3,(H,20,21). The topological polar surface area (TPSA) is 47.9 Å². The molecular formula is C19H30N4O. The Kier molecular flexibility index (Phi) is 8.61. The quantitative estimate of drug-likeness (QED) is 0.345. The molecule has 0 heterocycles. The second-order valence-electron chi connectivity index (χ2n) is 5.92. The zero-order chi connectivity index (χ0) is 17.9. The summed E-state index contributed by atoms with van der Waals surface area (Å²) in [5, 5.41) is 3.31. The van der Waals surface area contributed by atoms with E-state index in [0.29, 0.717) is 12.1 Å². The summed E-state index contributed by atoms with van der Waals surface area (Å²) >= 11 is 0. The van der Waals surface area contributed by atoms with E-state index in [9.17, 15) is 4.79 Å². The van der Waals surface area contributed by atoms with E-state index < -0.39 is 0 Å². The average Bonchev–Trinajstić information content (AvgIpc) is 2.58. The third-order valence-corrected chi connectivity index (χ3v) is 3.62. The fraction of sp³-hybridized carbons (Fsp3) is 0.474. The largest absolute Gasteiger partial charge is 0.357 e. The van der Waals surface area contributed by atoms with Crippen LogP contribution < -0.4 is 5.32 Å². The van der Waals surface area contributed by atoms with Crippen molar-refractivity contribution in [2.75, 3.05) is 34.2 Å². The van der Waals surface area contributed by atoms with Crippen molar-refractivity contribution in [2.24, 2.45) is 4.99 Å². The second kappa shape index (κ2) is 10.5. The number of carbonyl (C=O) groups excluding carboxylic acids is 1. The molecule has 0 unspecified atom stereocenters. The molecule has 0 fully saturated rings. The number of amides is 1.